The number of carboxylic acids is 1. The quantitative estimate of drug-likeness (QED) is 0.674. The molecule has 0 amide bonds. The Bertz CT molecular complexity index is 298. The molecule has 1 aromatic heterocycles. The lowest BCUT2D eigenvalue weighted by Gasteiger charge is -2.00. The molecule has 0 spiro atoms. The van der Waals surface area contributed by atoms with Crippen LogP contribution in [-0.4, -0.2) is 17.1 Å². The minimum Gasteiger partial charge on any atom is -0.480 e. The van der Waals surface area contributed by atoms with Crippen LogP contribution in [0.5, 0.6) is 0 Å². The molecule has 1 atom stereocenters. The maximum Gasteiger partial charge on any atom is 0.320 e. The summed E-state index contributed by atoms with van der Waals surface area (Å²) in [5.41, 5.74) is 7.36. The molecule has 0 radical (unpaired) electrons. The van der Waals surface area contributed by atoms with Gasteiger partial charge in [0.15, 0.2) is 6.20 Å². The van der Waals surface area contributed by atoms with Crippen LogP contribution in [0.15, 0.2) is 11.7 Å². The Labute approximate surface area is 80.6 Å². The van der Waals surface area contributed by atoms with Gasteiger partial charge in [-0.25, -0.2) is 0 Å². The van der Waals surface area contributed by atoms with E-state index in [9.17, 15) is 4.79 Å². The average molecular weight is 201 g/mol. The Balaban J connectivity index is 2.58. The zero-order chi connectivity index (χ0) is 9.84. The topological polar surface area (TPSA) is 67.2 Å². The third kappa shape index (κ3) is 2.78. The highest BCUT2D eigenvalue weighted by molar-refractivity contribution is 7.09. The number of nitrogens with zero attached hydrogens (tertiary/aromatic N) is 1. The van der Waals surface area contributed by atoms with Crippen molar-refractivity contribution >= 4 is 17.3 Å². The first-order chi connectivity index (χ1) is 6.13. The van der Waals surface area contributed by atoms with Gasteiger partial charge in [-0.05, 0) is 6.92 Å². The maximum absolute atomic E-state index is 10.5. The molecule has 1 aromatic rings. The Morgan fingerprint density at radius 2 is 2.54 bits per heavy atom. The van der Waals surface area contributed by atoms with Crippen LogP contribution < -0.4 is 10.3 Å². The third-order valence-electron chi connectivity index (χ3n) is 1.75. The van der Waals surface area contributed by atoms with Crippen molar-refractivity contribution in [2.45, 2.75) is 25.9 Å². The molecule has 0 saturated heterocycles. The molecule has 0 fully saturated rings. The lowest BCUT2D eigenvalue weighted by atomic mass is 10.2. The van der Waals surface area contributed by atoms with E-state index in [0.717, 1.165) is 11.4 Å². The standard InChI is InChI=1S/C8H12N2O2S/c1-2-10-4-6(13-5-10)3-7(9)8(11)12/h4-5,7H,2-3,9H2,1H3/p+1/t7-/m0/s1. The van der Waals surface area contributed by atoms with Gasteiger partial charge in [-0.15, -0.1) is 0 Å². The first-order valence-corrected chi connectivity index (χ1v) is 4.96. The predicted octanol–water partition coefficient (Wildman–Crippen LogP) is 0.00990. The van der Waals surface area contributed by atoms with Crippen LogP contribution in [0.1, 0.15) is 11.8 Å². The molecule has 5 heteroatoms. The number of carboxylic acid groups (broad SMARTS) is 1. The van der Waals surface area contributed by atoms with Gasteiger partial charge in [-0.2, -0.15) is 4.57 Å². The highest BCUT2D eigenvalue weighted by Gasteiger charge is 2.15. The van der Waals surface area contributed by atoms with Crippen molar-refractivity contribution in [3.63, 3.8) is 0 Å². The summed E-state index contributed by atoms with van der Waals surface area (Å²) in [4.78, 5) is 11.5. The second kappa shape index (κ2) is 4.34. The van der Waals surface area contributed by atoms with Crippen molar-refractivity contribution < 1.29 is 14.5 Å². The highest BCUT2D eigenvalue weighted by Crippen LogP contribution is 2.06. The van der Waals surface area contributed by atoms with E-state index < -0.39 is 12.0 Å². The smallest absolute Gasteiger partial charge is 0.320 e. The summed E-state index contributed by atoms with van der Waals surface area (Å²) in [5.74, 6) is -0.948. The van der Waals surface area contributed by atoms with Gasteiger partial charge in [0.1, 0.15) is 12.6 Å². The average Bonchev–Trinajstić information content (AvgIpc) is 2.52. The van der Waals surface area contributed by atoms with Crippen molar-refractivity contribution in [1.29, 1.82) is 0 Å². The number of aliphatic carboxylic acids is 1. The van der Waals surface area contributed by atoms with Gasteiger partial charge in [0.25, 0.3) is 0 Å². The van der Waals surface area contributed by atoms with Crippen LogP contribution in [0.4, 0.5) is 0 Å². The fraction of sp³-hybridized carbons (Fsp3) is 0.500. The monoisotopic (exact) mass is 201 g/mol. The molecule has 0 aliphatic rings. The molecule has 0 saturated carbocycles. The molecule has 0 aromatic carbocycles. The van der Waals surface area contributed by atoms with Gasteiger partial charge < -0.3 is 10.8 Å². The summed E-state index contributed by atoms with van der Waals surface area (Å²) < 4.78 is 2.01. The zero-order valence-electron chi connectivity index (χ0n) is 7.43. The fourth-order valence-corrected chi connectivity index (χ4v) is 1.90. The minimum absolute atomic E-state index is 0.410. The second-order valence-corrected chi connectivity index (χ2v) is 3.77. The summed E-state index contributed by atoms with van der Waals surface area (Å²) in [6.07, 6.45) is 2.35. The Kier molecular flexibility index (Phi) is 3.39. The zero-order valence-corrected chi connectivity index (χ0v) is 8.25. The fourth-order valence-electron chi connectivity index (χ4n) is 0.952. The van der Waals surface area contributed by atoms with Gasteiger partial charge >= 0.3 is 5.97 Å². The van der Waals surface area contributed by atoms with E-state index in [4.69, 9.17) is 10.8 Å². The first-order valence-electron chi connectivity index (χ1n) is 4.08. The van der Waals surface area contributed by atoms with E-state index in [-0.39, 0.29) is 0 Å². The van der Waals surface area contributed by atoms with Gasteiger partial charge in [0.2, 0.25) is 5.51 Å². The van der Waals surface area contributed by atoms with E-state index >= 15 is 0 Å². The predicted molar refractivity (Wildman–Crippen MR) is 49.5 cm³/mol. The summed E-state index contributed by atoms with van der Waals surface area (Å²) in [7, 11) is 0. The minimum atomic E-state index is -0.948. The Hall–Kier alpha value is -0.940. The van der Waals surface area contributed by atoms with E-state index in [1.165, 1.54) is 11.3 Å². The first kappa shape index (κ1) is 10.1. The molecule has 3 N–H and O–H groups in total. The largest absolute Gasteiger partial charge is 0.480 e. The van der Waals surface area contributed by atoms with Crippen molar-refractivity contribution in [1.82, 2.24) is 0 Å². The molecule has 72 valence electrons. The number of hydrogen-bond acceptors (Lipinski definition) is 3. The van der Waals surface area contributed by atoms with Gasteiger partial charge in [-0.3, -0.25) is 4.79 Å². The molecule has 13 heavy (non-hydrogen) atoms. The summed E-state index contributed by atoms with van der Waals surface area (Å²) >= 11 is 1.54. The third-order valence-corrected chi connectivity index (χ3v) is 2.70. The Morgan fingerprint density at radius 3 is 3.00 bits per heavy atom. The van der Waals surface area contributed by atoms with Gasteiger partial charge in [0.05, 0.1) is 4.88 Å². The number of rotatable bonds is 4. The van der Waals surface area contributed by atoms with Crippen molar-refractivity contribution in [2.24, 2.45) is 5.73 Å². The Morgan fingerprint density at radius 1 is 1.85 bits per heavy atom. The van der Waals surface area contributed by atoms with E-state index in [0.29, 0.717) is 6.42 Å². The molecule has 1 heterocycles. The lowest BCUT2D eigenvalue weighted by Crippen LogP contribution is -2.33. The number of hydrogen-bond donors (Lipinski definition) is 2. The summed E-state index contributed by atoms with van der Waals surface area (Å²) in [5, 5.41) is 8.58. The van der Waals surface area contributed by atoms with E-state index in [1.54, 1.807) is 0 Å². The van der Waals surface area contributed by atoms with E-state index in [2.05, 4.69) is 0 Å². The molecule has 0 unspecified atom stereocenters. The van der Waals surface area contributed by atoms with Crippen molar-refractivity contribution in [3.8, 4) is 0 Å². The summed E-state index contributed by atoms with van der Waals surface area (Å²) in [6.45, 7) is 2.94. The molecule has 4 nitrogen and oxygen atoms in total. The number of aryl methyl sites for hydroxylation is 1. The van der Waals surface area contributed by atoms with E-state index in [1.807, 2.05) is 23.2 Å². The van der Waals surface area contributed by atoms with Crippen LogP contribution in [-0.2, 0) is 17.8 Å². The maximum atomic E-state index is 10.5. The van der Waals surface area contributed by atoms with Crippen LogP contribution >= 0.6 is 11.3 Å². The highest BCUT2D eigenvalue weighted by atomic mass is 32.1. The summed E-state index contributed by atoms with van der Waals surface area (Å²) in [6, 6.07) is -0.788. The van der Waals surface area contributed by atoms with Crippen LogP contribution in [0.2, 0.25) is 0 Å². The second-order valence-electron chi connectivity index (χ2n) is 2.80. The number of nitrogens with two attached hydrogens (primary N) is 1. The van der Waals surface area contributed by atoms with Crippen LogP contribution in [0, 0.1) is 0 Å². The van der Waals surface area contributed by atoms with Crippen molar-refractivity contribution in [2.75, 3.05) is 0 Å². The van der Waals surface area contributed by atoms with Gasteiger partial charge in [-0.1, -0.05) is 11.3 Å². The lowest BCUT2D eigenvalue weighted by molar-refractivity contribution is -0.689. The molecular formula is C8H13N2O2S+. The van der Waals surface area contributed by atoms with Crippen LogP contribution in [0.25, 0.3) is 0 Å². The number of aromatic nitrogens is 1. The normalized spacial score (nSPS) is 12.8. The van der Waals surface area contributed by atoms with Gasteiger partial charge in [0, 0.05) is 6.42 Å². The van der Waals surface area contributed by atoms with Crippen LogP contribution in [0.3, 0.4) is 0 Å². The molecule has 0 aliphatic carbocycles. The molecule has 1 rings (SSSR count). The van der Waals surface area contributed by atoms with Crippen molar-refractivity contribution in [3.05, 3.63) is 16.6 Å². The molecular weight excluding hydrogens is 188 g/mol. The SMILES string of the molecule is CC[n+]1csc(C[C@H](N)C(=O)O)c1. The molecule has 0 bridgehead atoms. The molecule has 0 aliphatic heterocycles. The number of carbonyl (C=O) groups is 1. The number of thiazole rings is 1.